The van der Waals surface area contributed by atoms with Crippen LogP contribution in [0.1, 0.15) is 89.4 Å². The molecule has 14 heteroatoms. The molecular weight excluding hydrogens is 746 g/mol. The van der Waals surface area contributed by atoms with Crippen LogP contribution in [0, 0.1) is 11.3 Å². The molecule has 57 heavy (non-hydrogen) atoms. The summed E-state index contributed by atoms with van der Waals surface area (Å²) in [5.41, 5.74) is 4.55. The number of imide groups is 1. The summed E-state index contributed by atoms with van der Waals surface area (Å²) in [6.07, 6.45) is 5.30. The molecule has 0 aromatic heterocycles. The molecule has 8 rings (SSSR count). The van der Waals surface area contributed by atoms with Crippen LogP contribution in [0.5, 0.6) is 5.75 Å². The number of ether oxygens (including phenoxy) is 2. The van der Waals surface area contributed by atoms with Crippen molar-refractivity contribution in [2.24, 2.45) is 0 Å². The van der Waals surface area contributed by atoms with Crippen molar-refractivity contribution < 1.29 is 28.7 Å². The van der Waals surface area contributed by atoms with Crippen LogP contribution < -0.4 is 25.2 Å². The molecule has 13 nitrogen and oxygen atoms in total. The van der Waals surface area contributed by atoms with E-state index in [-0.39, 0.29) is 42.7 Å². The predicted molar refractivity (Wildman–Crippen MR) is 214 cm³/mol. The Labute approximate surface area is 337 Å². The van der Waals surface area contributed by atoms with E-state index < -0.39 is 18.2 Å². The molecule has 4 amide bonds. The second-order valence-electron chi connectivity index (χ2n) is 15.6. The van der Waals surface area contributed by atoms with Gasteiger partial charge in [-0.2, -0.15) is 5.26 Å². The van der Waals surface area contributed by atoms with Crippen LogP contribution in [-0.2, 0) is 14.3 Å². The largest absolute Gasteiger partial charge is 0.490 e. The van der Waals surface area contributed by atoms with Gasteiger partial charge in [0.15, 0.2) is 6.23 Å². The Bertz CT molecular complexity index is 2050. The van der Waals surface area contributed by atoms with E-state index in [0.717, 1.165) is 94.7 Å². The fourth-order valence-electron chi connectivity index (χ4n) is 9.14. The summed E-state index contributed by atoms with van der Waals surface area (Å²) in [7, 11) is 1.54. The maximum atomic E-state index is 13.4. The summed E-state index contributed by atoms with van der Waals surface area (Å²) in [6, 6.07) is 20.9. The SMILES string of the molecule is COC1c2cc(N3CCN(C4CCN(c5ccc(C(=O)NC6CCC(Oc7ccc(C#N)c(Cl)c7)CC6)cc5)CC4)CC3)ccc2C(=O)N1C1CCC(=O)NC1=O. The minimum atomic E-state index is -0.746. The molecule has 1 aliphatic carbocycles. The molecule has 0 bridgehead atoms. The lowest BCUT2D eigenvalue weighted by molar-refractivity contribution is -0.140. The van der Waals surface area contributed by atoms with Crippen LogP contribution in [0.2, 0.25) is 5.02 Å². The zero-order valence-corrected chi connectivity index (χ0v) is 32.9. The summed E-state index contributed by atoms with van der Waals surface area (Å²) in [5, 5.41) is 15.1. The van der Waals surface area contributed by atoms with Crippen LogP contribution in [-0.4, -0.2) is 104 Å². The Kier molecular flexibility index (Phi) is 11.4. The lowest BCUT2D eigenvalue weighted by Crippen LogP contribution is -2.53. The molecule has 3 aromatic rings. The first-order valence-electron chi connectivity index (χ1n) is 20.0. The third-order valence-electron chi connectivity index (χ3n) is 12.3. The van der Waals surface area contributed by atoms with Crippen molar-refractivity contribution in [1.82, 2.24) is 20.4 Å². The quantitative estimate of drug-likeness (QED) is 0.283. The first kappa shape index (κ1) is 38.7. The minimum Gasteiger partial charge on any atom is -0.490 e. The summed E-state index contributed by atoms with van der Waals surface area (Å²) in [5.74, 6) is -0.416. The number of nitrogens with zero attached hydrogens (tertiary/aromatic N) is 5. The number of rotatable bonds is 9. The van der Waals surface area contributed by atoms with Crippen molar-refractivity contribution in [3.8, 4) is 11.8 Å². The molecule has 2 atom stereocenters. The van der Waals surface area contributed by atoms with Crippen LogP contribution in [0.4, 0.5) is 11.4 Å². The number of nitriles is 1. The van der Waals surface area contributed by atoms with Crippen LogP contribution in [0.3, 0.4) is 0 Å². The van der Waals surface area contributed by atoms with Crippen molar-refractivity contribution in [2.45, 2.75) is 81.8 Å². The van der Waals surface area contributed by atoms with Gasteiger partial charge >= 0.3 is 0 Å². The van der Waals surface area contributed by atoms with Crippen LogP contribution in [0.25, 0.3) is 0 Å². The molecule has 4 fully saturated rings. The second-order valence-corrected chi connectivity index (χ2v) is 16.1. The zero-order chi connectivity index (χ0) is 39.6. The number of hydrogen-bond donors (Lipinski definition) is 2. The van der Waals surface area contributed by atoms with Gasteiger partial charge in [0.1, 0.15) is 17.9 Å². The molecule has 1 saturated carbocycles. The molecule has 0 spiro atoms. The molecule has 2 N–H and O–H groups in total. The average molecular weight is 794 g/mol. The number of piperidine rings is 2. The highest BCUT2D eigenvalue weighted by Crippen LogP contribution is 2.39. The fourth-order valence-corrected chi connectivity index (χ4v) is 9.35. The lowest BCUT2D eigenvalue weighted by atomic mass is 9.92. The number of anilines is 2. The van der Waals surface area contributed by atoms with E-state index in [4.69, 9.17) is 26.3 Å². The van der Waals surface area contributed by atoms with Gasteiger partial charge in [0.25, 0.3) is 11.8 Å². The lowest BCUT2D eigenvalue weighted by Gasteiger charge is -2.44. The Morgan fingerprint density at radius 1 is 0.842 bits per heavy atom. The highest BCUT2D eigenvalue weighted by molar-refractivity contribution is 6.31. The smallest absolute Gasteiger partial charge is 0.257 e. The number of halogens is 1. The minimum absolute atomic E-state index is 0.0485. The van der Waals surface area contributed by atoms with E-state index in [0.29, 0.717) is 33.5 Å². The van der Waals surface area contributed by atoms with E-state index >= 15 is 0 Å². The molecule has 3 aromatic carbocycles. The second kappa shape index (κ2) is 16.7. The highest BCUT2D eigenvalue weighted by atomic mass is 35.5. The van der Waals surface area contributed by atoms with Gasteiger partial charge in [-0.15, -0.1) is 0 Å². The number of nitrogens with one attached hydrogen (secondary N) is 2. The topological polar surface area (TPSA) is 148 Å². The number of carbonyl (C=O) groups is 4. The van der Waals surface area contributed by atoms with E-state index in [1.54, 1.807) is 25.3 Å². The van der Waals surface area contributed by atoms with Crippen LogP contribution >= 0.6 is 11.6 Å². The maximum absolute atomic E-state index is 13.4. The van der Waals surface area contributed by atoms with Gasteiger partial charge in [0, 0.05) is 99.0 Å². The zero-order valence-electron chi connectivity index (χ0n) is 32.1. The standard InChI is InChI=1S/C43H48ClN7O6/c1-56-43-36-24-32(9-13-35(36)42(55)51(43)38-14-15-39(52)47-41(38)54)50-22-20-49(21-23-50)31-16-18-48(19-17-31)30-7-2-27(3-8-30)40(53)46-29-5-11-33(12-6-29)57-34-10-4-28(26-45)37(44)25-34/h2-4,7-10,13,24-25,29,31,33,38,43H,5-6,11-12,14-23H2,1H3,(H,46,53)(H,47,52,54). The molecule has 4 heterocycles. The number of methoxy groups -OCH3 is 1. The van der Waals surface area contributed by atoms with Gasteiger partial charge in [-0.05, 0) is 99.5 Å². The predicted octanol–water partition coefficient (Wildman–Crippen LogP) is 5.03. The van der Waals surface area contributed by atoms with E-state index in [1.165, 1.54) is 4.90 Å². The van der Waals surface area contributed by atoms with Crippen molar-refractivity contribution in [1.29, 1.82) is 5.26 Å². The van der Waals surface area contributed by atoms with Gasteiger partial charge in [0.05, 0.1) is 16.7 Å². The summed E-state index contributed by atoms with van der Waals surface area (Å²) < 4.78 is 11.9. The summed E-state index contributed by atoms with van der Waals surface area (Å²) in [6.45, 7) is 5.54. The van der Waals surface area contributed by atoms with Gasteiger partial charge in [0.2, 0.25) is 11.8 Å². The van der Waals surface area contributed by atoms with Crippen molar-refractivity contribution in [3.05, 3.63) is 87.9 Å². The van der Waals surface area contributed by atoms with Crippen molar-refractivity contribution in [3.63, 3.8) is 0 Å². The van der Waals surface area contributed by atoms with Gasteiger partial charge in [-0.25, -0.2) is 0 Å². The number of hydrogen-bond acceptors (Lipinski definition) is 10. The highest BCUT2D eigenvalue weighted by Gasteiger charge is 2.45. The maximum Gasteiger partial charge on any atom is 0.257 e. The Morgan fingerprint density at radius 2 is 1.54 bits per heavy atom. The van der Waals surface area contributed by atoms with E-state index in [2.05, 4.69) is 43.5 Å². The normalized spacial score (nSPS) is 24.5. The molecule has 5 aliphatic rings. The molecule has 2 unspecified atom stereocenters. The van der Waals surface area contributed by atoms with Gasteiger partial charge in [-0.1, -0.05) is 11.6 Å². The number of amides is 4. The first-order valence-corrected chi connectivity index (χ1v) is 20.4. The Morgan fingerprint density at radius 3 is 2.21 bits per heavy atom. The van der Waals surface area contributed by atoms with Crippen molar-refractivity contribution >= 4 is 46.6 Å². The van der Waals surface area contributed by atoms with E-state index in [1.807, 2.05) is 30.3 Å². The Balaban J connectivity index is 0.779. The molecular formula is C43H48ClN7O6. The summed E-state index contributed by atoms with van der Waals surface area (Å²) in [4.78, 5) is 59.8. The Hall–Kier alpha value is -5.16. The number of piperazine rings is 1. The number of benzene rings is 3. The number of fused-ring (bicyclic) bond motifs is 1. The first-order chi connectivity index (χ1) is 27.7. The average Bonchev–Trinajstić information content (AvgIpc) is 3.51. The van der Waals surface area contributed by atoms with Gasteiger partial charge in [-0.3, -0.25) is 34.3 Å². The molecule has 298 valence electrons. The number of carbonyl (C=O) groups excluding carboxylic acids is 4. The third kappa shape index (κ3) is 8.17. The summed E-state index contributed by atoms with van der Waals surface area (Å²) >= 11 is 6.16. The third-order valence-corrected chi connectivity index (χ3v) is 12.6. The van der Waals surface area contributed by atoms with Gasteiger partial charge < -0.3 is 24.6 Å². The van der Waals surface area contributed by atoms with Crippen molar-refractivity contribution in [2.75, 3.05) is 56.2 Å². The molecule has 3 saturated heterocycles. The van der Waals surface area contributed by atoms with E-state index in [9.17, 15) is 19.2 Å². The fraction of sp³-hybridized carbons (Fsp3) is 0.465. The monoisotopic (exact) mass is 793 g/mol. The molecule has 4 aliphatic heterocycles. The molecule has 0 radical (unpaired) electrons. The van der Waals surface area contributed by atoms with Crippen LogP contribution in [0.15, 0.2) is 60.7 Å².